The molecule has 6 fully saturated rings. The lowest BCUT2D eigenvalue weighted by Crippen LogP contribution is -2.75. The molecule has 1 aliphatic heterocycles. The lowest BCUT2D eigenvalue weighted by Gasteiger charge is -2.69. The Hall–Kier alpha value is -0.160. The summed E-state index contributed by atoms with van der Waals surface area (Å²) >= 11 is 0. The van der Waals surface area contributed by atoms with Gasteiger partial charge in [0.25, 0.3) is 0 Å². The van der Waals surface area contributed by atoms with Crippen molar-refractivity contribution in [1.82, 2.24) is 4.90 Å². The third kappa shape index (κ3) is 1.51. The van der Waals surface area contributed by atoms with Gasteiger partial charge < -0.3 is 14.9 Å². The van der Waals surface area contributed by atoms with Crippen LogP contribution in [0.3, 0.4) is 0 Å². The molecular formula is C22H35NO3. The van der Waals surface area contributed by atoms with E-state index < -0.39 is 5.60 Å². The minimum absolute atomic E-state index is 0.0873. The molecule has 26 heavy (non-hydrogen) atoms. The van der Waals surface area contributed by atoms with Gasteiger partial charge in [0.2, 0.25) is 0 Å². The average Bonchev–Trinajstić information content (AvgIpc) is 3.02. The van der Waals surface area contributed by atoms with E-state index in [9.17, 15) is 10.2 Å². The number of ether oxygens (including phenoxy) is 1. The SMILES string of the molecule is CCN1C[C@]2(C)CC[C@H](OC)[C@]34C1[C@H](C[C@H]23)[C@@]1(O)CC[C@H]2C[C@@H]4C1[C@H]2O. The zero-order valence-electron chi connectivity index (χ0n) is 16.5. The zero-order chi connectivity index (χ0) is 18.1. The Balaban J connectivity index is 1.62. The van der Waals surface area contributed by atoms with Crippen molar-refractivity contribution in [3.05, 3.63) is 0 Å². The van der Waals surface area contributed by atoms with Gasteiger partial charge in [-0.3, -0.25) is 4.90 Å². The number of hydrogen-bond acceptors (Lipinski definition) is 4. The summed E-state index contributed by atoms with van der Waals surface area (Å²) in [7, 11) is 1.92. The van der Waals surface area contributed by atoms with E-state index in [0.717, 1.165) is 38.6 Å². The number of methoxy groups -OCH3 is 1. The van der Waals surface area contributed by atoms with E-state index in [1.165, 1.54) is 13.0 Å². The molecule has 2 N–H and O–H groups in total. The average molecular weight is 362 g/mol. The largest absolute Gasteiger partial charge is 0.392 e. The molecule has 11 atom stereocenters. The van der Waals surface area contributed by atoms with Gasteiger partial charge in [0.05, 0.1) is 17.8 Å². The van der Waals surface area contributed by atoms with Crippen LogP contribution in [0.1, 0.15) is 52.4 Å². The normalized spacial score (nSPS) is 65.4. The molecule has 2 unspecified atom stereocenters. The Morgan fingerprint density at radius 2 is 1.96 bits per heavy atom. The molecule has 4 heteroatoms. The van der Waals surface area contributed by atoms with Crippen molar-refractivity contribution in [2.45, 2.75) is 76.2 Å². The molecule has 0 aromatic rings. The van der Waals surface area contributed by atoms with Gasteiger partial charge in [-0.1, -0.05) is 13.8 Å². The standard InChI is InChI=1S/C22H35NO3/c1-4-23-11-20(2)7-6-16(26-3)22-13-9-12-5-8-21(25,17(13)18(12)24)14(19(22)23)10-15(20)22/h12-19,24-25H,4-11H2,1-3H3/t12-,13+,14-,15+,16-,17?,18-,19?,20-,21-,22+/m0/s1. The van der Waals surface area contributed by atoms with E-state index in [0.29, 0.717) is 41.2 Å². The lowest BCUT2D eigenvalue weighted by molar-refractivity contribution is -0.265. The molecule has 0 amide bonds. The Kier molecular flexibility index (Phi) is 3.14. The van der Waals surface area contributed by atoms with Crippen molar-refractivity contribution in [1.29, 1.82) is 0 Å². The van der Waals surface area contributed by atoms with Gasteiger partial charge >= 0.3 is 0 Å². The van der Waals surface area contributed by atoms with Crippen molar-refractivity contribution in [2.75, 3.05) is 20.2 Å². The minimum Gasteiger partial charge on any atom is -0.392 e. The number of aliphatic hydroxyl groups excluding tert-OH is 1. The summed E-state index contributed by atoms with van der Waals surface area (Å²) in [5.41, 5.74) is -0.159. The van der Waals surface area contributed by atoms with E-state index in [1.807, 2.05) is 7.11 Å². The van der Waals surface area contributed by atoms with E-state index >= 15 is 0 Å². The van der Waals surface area contributed by atoms with E-state index in [4.69, 9.17) is 4.74 Å². The first kappa shape index (κ1) is 16.8. The van der Waals surface area contributed by atoms with E-state index in [1.54, 1.807) is 0 Å². The molecule has 1 heterocycles. The fraction of sp³-hybridized carbons (Fsp3) is 1.00. The Labute approximate surface area is 157 Å². The van der Waals surface area contributed by atoms with Crippen molar-refractivity contribution >= 4 is 0 Å². The van der Waals surface area contributed by atoms with Gasteiger partial charge in [-0.15, -0.1) is 0 Å². The van der Waals surface area contributed by atoms with Gasteiger partial charge in [0, 0.05) is 36.9 Å². The summed E-state index contributed by atoms with van der Waals surface area (Å²) in [6.45, 7) is 7.08. The number of hydrogen-bond donors (Lipinski definition) is 2. The summed E-state index contributed by atoms with van der Waals surface area (Å²) in [5.74, 6) is 1.89. The van der Waals surface area contributed by atoms with Crippen LogP contribution in [0.25, 0.3) is 0 Å². The summed E-state index contributed by atoms with van der Waals surface area (Å²) in [4.78, 5) is 2.73. The Morgan fingerprint density at radius 1 is 1.15 bits per heavy atom. The van der Waals surface area contributed by atoms with Crippen LogP contribution in [-0.4, -0.2) is 59.2 Å². The molecule has 0 radical (unpaired) electrons. The molecule has 1 saturated heterocycles. The second-order valence-electron chi connectivity index (χ2n) is 11.0. The maximum atomic E-state index is 12.0. The number of piperidine rings is 1. The molecule has 5 aliphatic carbocycles. The minimum atomic E-state index is -0.651. The van der Waals surface area contributed by atoms with Crippen LogP contribution in [0.4, 0.5) is 0 Å². The topological polar surface area (TPSA) is 52.9 Å². The maximum absolute atomic E-state index is 12.0. The highest BCUT2D eigenvalue weighted by molar-refractivity contribution is 5.32. The van der Waals surface area contributed by atoms with Crippen LogP contribution >= 0.6 is 0 Å². The number of rotatable bonds is 2. The van der Waals surface area contributed by atoms with Crippen LogP contribution in [0, 0.1) is 40.4 Å². The summed E-state index contributed by atoms with van der Waals surface area (Å²) in [6.07, 6.45) is 6.59. The van der Waals surface area contributed by atoms with Crippen LogP contribution in [0.5, 0.6) is 0 Å². The van der Waals surface area contributed by atoms with Crippen molar-refractivity contribution in [3.63, 3.8) is 0 Å². The predicted molar refractivity (Wildman–Crippen MR) is 98.5 cm³/mol. The van der Waals surface area contributed by atoms with Gasteiger partial charge in [-0.25, -0.2) is 0 Å². The number of likely N-dealkylation sites (tertiary alicyclic amines) is 1. The van der Waals surface area contributed by atoms with Crippen molar-refractivity contribution in [3.8, 4) is 0 Å². The van der Waals surface area contributed by atoms with Gasteiger partial charge in [0.1, 0.15) is 0 Å². The predicted octanol–water partition coefficient (Wildman–Crippen LogP) is 2.28. The molecular weight excluding hydrogens is 326 g/mol. The number of nitrogens with zero attached hydrogens (tertiary/aromatic N) is 1. The Bertz CT molecular complexity index is 641. The monoisotopic (exact) mass is 361 g/mol. The second kappa shape index (κ2) is 4.87. The quantitative estimate of drug-likeness (QED) is 0.792. The molecule has 1 spiro atoms. The van der Waals surface area contributed by atoms with E-state index in [-0.39, 0.29) is 17.4 Å². The molecule has 5 saturated carbocycles. The van der Waals surface area contributed by atoms with Crippen LogP contribution < -0.4 is 0 Å². The van der Waals surface area contributed by atoms with Crippen LogP contribution in [-0.2, 0) is 4.74 Å². The molecule has 0 aromatic heterocycles. The number of aliphatic hydroxyl groups is 2. The van der Waals surface area contributed by atoms with E-state index in [2.05, 4.69) is 18.7 Å². The molecule has 7 bridgehead atoms. The fourth-order valence-corrected chi connectivity index (χ4v) is 10.1. The van der Waals surface area contributed by atoms with Crippen molar-refractivity contribution in [2.24, 2.45) is 40.4 Å². The first-order valence-electron chi connectivity index (χ1n) is 11.1. The van der Waals surface area contributed by atoms with Gasteiger partial charge in [-0.2, -0.15) is 0 Å². The molecule has 146 valence electrons. The highest BCUT2D eigenvalue weighted by Crippen LogP contribution is 2.78. The maximum Gasteiger partial charge on any atom is 0.0746 e. The summed E-state index contributed by atoms with van der Waals surface area (Å²) in [5, 5.41) is 23.2. The highest BCUT2D eigenvalue weighted by Gasteiger charge is 2.82. The highest BCUT2D eigenvalue weighted by atomic mass is 16.5. The molecule has 0 aromatic carbocycles. The third-order valence-corrected chi connectivity index (χ3v) is 10.6. The van der Waals surface area contributed by atoms with Crippen molar-refractivity contribution < 1.29 is 14.9 Å². The summed E-state index contributed by atoms with van der Waals surface area (Å²) < 4.78 is 6.25. The van der Waals surface area contributed by atoms with Gasteiger partial charge in [0.15, 0.2) is 0 Å². The van der Waals surface area contributed by atoms with Crippen LogP contribution in [0.15, 0.2) is 0 Å². The third-order valence-electron chi connectivity index (χ3n) is 10.6. The van der Waals surface area contributed by atoms with Crippen LogP contribution in [0.2, 0.25) is 0 Å². The zero-order valence-corrected chi connectivity index (χ0v) is 16.5. The smallest absolute Gasteiger partial charge is 0.0746 e. The first-order valence-corrected chi connectivity index (χ1v) is 11.1. The molecule has 4 nitrogen and oxygen atoms in total. The fourth-order valence-electron chi connectivity index (χ4n) is 10.1. The lowest BCUT2D eigenvalue weighted by atomic mass is 9.43. The number of fused-ring (bicyclic) bond motifs is 2. The molecule has 6 rings (SSSR count). The molecule has 6 aliphatic rings. The Morgan fingerprint density at radius 3 is 2.69 bits per heavy atom. The van der Waals surface area contributed by atoms with Gasteiger partial charge in [-0.05, 0) is 68.2 Å². The summed E-state index contributed by atoms with van der Waals surface area (Å²) in [6, 6.07) is 0.450. The second-order valence-corrected chi connectivity index (χ2v) is 11.0. The first-order chi connectivity index (χ1) is 12.4.